The van der Waals surface area contributed by atoms with Gasteiger partial charge in [-0.1, -0.05) is 38.0 Å². The molecule has 0 saturated carbocycles. The van der Waals surface area contributed by atoms with E-state index in [0.717, 1.165) is 6.42 Å². The van der Waals surface area contributed by atoms with Crippen LogP contribution in [0.1, 0.15) is 39.5 Å². The second kappa shape index (κ2) is 8.25. The van der Waals surface area contributed by atoms with Gasteiger partial charge in [-0.05, 0) is 25.8 Å². The maximum absolute atomic E-state index is 10.5. The molecule has 0 rings (SSSR count). The van der Waals surface area contributed by atoms with Crippen LogP contribution in [0.25, 0.3) is 0 Å². The zero-order valence-corrected chi connectivity index (χ0v) is 8.05. The molecule has 0 saturated heterocycles. The average Bonchev–Trinajstić information content (AvgIpc) is 2.02. The summed E-state index contributed by atoms with van der Waals surface area (Å²) in [5.41, 5.74) is 0. The zero-order chi connectivity index (χ0) is 9.23. The molecule has 0 aromatic heterocycles. The SMILES string of the molecule is CCCCCC=C/C=C/C(C)=O. The van der Waals surface area contributed by atoms with Crippen LogP contribution < -0.4 is 0 Å². The molecule has 0 aliphatic heterocycles. The number of rotatable bonds is 6. The van der Waals surface area contributed by atoms with Crippen LogP contribution in [-0.2, 0) is 4.79 Å². The van der Waals surface area contributed by atoms with Gasteiger partial charge in [0.05, 0.1) is 0 Å². The summed E-state index contributed by atoms with van der Waals surface area (Å²) in [5.74, 6) is 0.105. The van der Waals surface area contributed by atoms with Crippen LogP contribution in [0.15, 0.2) is 24.3 Å². The van der Waals surface area contributed by atoms with E-state index in [1.54, 1.807) is 19.1 Å². The minimum atomic E-state index is 0.105. The monoisotopic (exact) mass is 166 g/mol. The third kappa shape index (κ3) is 9.15. The minimum absolute atomic E-state index is 0.105. The molecule has 1 nitrogen and oxygen atoms in total. The van der Waals surface area contributed by atoms with Crippen molar-refractivity contribution in [1.29, 1.82) is 0 Å². The normalized spacial score (nSPS) is 11.5. The fourth-order valence-corrected chi connectivity index (χ4v) is 0.878. The van der Waals surface area contributed by atoms with Crippen LogP contribution in [0.2, 0.25) is 0 Å². The molecular formula is C11H18O. The second-order valence-electron chi connectivity index (χ2n) is 2.89. The number of hydrogen-bond donors (Lipinski definition) is 0. The third-order valence-corrected chi connectivity index (χ3v) is 1.55. The Kier molecular flexibility index (Phi) is 7.66. The first-order valence-electron chi connectivity index (χ1n) is 4.61. The molecule has 0 aromatic rings. The van der Waals surface area contributed by atoms with Crippen LogP contribution in [0.5, 0.6) is 0 Å². The molecule has 0 radical (unpaired) electrons. The highest BCUT2D eigenvalue weighted by Gasteiger charge is 1.80. The lowest BCUT2D eigenvalue weighted by atomic mass is 10.2. The molecule has 12 heavy (non-hydrogen) atoms. The molecule has 0 aliphatic rings. The van der Waals surface area contributed by atoms with E-state index < -0.39 is 0 Å². The Morgan fingerprint density at radius 3 is 2.58 bits per heavy atom. The highest BCUT2D eigenvalue weighted by Crippen LogP contribution is 1.99. The Labute approximate surface area is 75.2 Å². The van der Waals surface area contributed by atoms with Crippen LogP contribution in [-0.4, -0.2) is 5.78 Å². The largest absolute Gasteiger partial charge is 0.295 e. The Hall–Kier alpha value is -0.850. The van der Waals surface area contributed by atoms with Crippen molar-refractivity contribution in [2.24, 2.45) is 0 Å². The van der Waals surface area contributed by atoms with Gasteiger partial charge in [0.15, 0.2) is 5.78 Å². The Balaban J connectivity index is 3.31. The van der Waals surface area contributed by atoms with Crippen LogP contribution >= 0.6 is 0 Å². The summed E-state index contributed by atoms with van der Waals surface area (Å²) in [5, 5.41) is 0. The van der Waals surface area contributed by atoms with Gasteiger partial charge in [-0.15, -0.1) is 0 Å². The fourth-order valence-electron chi connectivity index (χ4n) is 0.878. The lowest BCUT2D eigenvalue weighted by Crippen LogP contribution is -1.77. The van der Waals surface area contributed by atoms with E-state index >= 15 is 0 Å². The van der Waals surface area contributed by atoms with Gasteiger partial charge in [0.1, 0.15) is 0 Å². The van der Waals surface area contributed by atoms with Gasteiger partial charge in [-0.3, -0.25) is 4.79 Å². The van der Waals surface area contributed by atoms with Crippen molar-refractivity contribution in [2.45, 2.75) is 39.5 Å². The molecule has 0 unspecified atom stereocenters. The van der Waals surface area contributed by atoms with Gasteiger partial charge in [-0.2, -0.15) is 0 Å². The first kappa shape index (κ1) is 11.2. The molecule has 0 amide bonds. The molecule has 0 N–H and O–H groups in total. The summed E-state index contributed by atoms with van der Waals surface area (Å²) in [6.07, 6.45) is 12.4. The molecule has 0 aromatic carbocycles. The van der Waals surface area contributed by atoms with Gasteiger partial charge in [-0.25, -0.2) is 0 Å². The summed E-state index contributed by atoms with van der Waals surface area (Å²) < 4.78 is 0. The van der Waals surface area contributed by atoms with Crippen molar-refractivity contribution < 1.29 is 4.79 Å². The van der Waals surface area contributed by atoms with Crippen molar-refractivity contribution in [3.8, 4) is 0 Å². The predicted octanol–water partition coefficient (Wildman–Crippen LogP) is 3.27. The number of allylic oxidation sites excluding steroid dienone is 4. The minimum Gasteiger partial charge on any atom is -0.295 e. The van der Waals surface area contributed by atoms with Gasteiger partial charge in [0.2, 0.25) is 0 Å². The van der Waals surface area contributed by atoms with Crippen LogP contribution in [0.4, 0.5) is 0 Å². The van der Waals surface area contributed by atoms with E-state index in [4.69, 9.17) is 0 Å². The predicted molar refractivity (Wildman–Crippen MR) is 53.1 cm³/mol. The second-order valence-corrected chi connectivity index (χ2v) is 2.89. The van der Waals surface area contributed by atoms with E-state index in [0.29, 0.717) is 0 Å². The summed E-state index contributed by atoms with van der Waals surface area (Å²) in [4.78, 5) is 10.5. The van der Waals surface area contributed by atoms with E-state index in [1.807, 2.05) is 6.08 Å². The summed E-state index contributed by atoms with van der Waals surface area (Å²) in [6.45, 7) is 3.75. The quantitative estimate of drug-likeness (QED) is 0.336. The molecule has 0 atom stereocenters. The van der Waals surface area contributed by atoms with Crippen LogP contribution in [0.3, 0.4) is 0 Å². The van der Waals surface area contributed by atoms with Crippen molar-refractivity contribution in [2.75, 3.05) is 0 Å². The Morgan fingerprint density at radius 2 is 2.00 bits per heavy atom. The molecular weight excluding hydrogens is 148 g/mol. The first-order chi connectivity index (χ1) is 5.77. The lowest BCUT2D eigenvalue weighted by molar-refractivity contribution is -0.112. The molecule has 1 heteroatoms. The van der Waals surface area contributed by atoms with E-state index in [9.17, 15) is 4.79 Å². The lowest BCUT2D eigenvalue weighted by Gasteiger charge is -1.89. The maximum atomic E-state index is 10.5. The van der Waals surface area contributed by atoms with Crippen molar-refractivity contribution in [1.82, 2.24) is 0 Å². The van der Waals surface area contributed by atoms with E-state index in [-0.39, 0.29) is 5.78 Å². The maximum Gasteiger partial charge on any atom is 0.152 e. The standard InChI is InChI=1S/C11H18O/c1-3-4-5-6-7-8-9-10-11(2)12/h7-10H,3-6H2,1-2H3/b8-7?,10-9+. The Morgan fingerprint density at radius 1 is 1.25 bits per heavy atom. The van der Waals surface area contributed by atoms with Crippen LogP contribution in [0, 0.1) is 0 Å². The fraction of sp³-hybridized carbons (Fsp3) is 0.545. The molecule has 0 bridgehead atoms. The van der Waals surface area contributed by atoms with Gasteiger partial charge in [0.25, 0.3) is 0 Å². The number of ketones is 1. The van der Waals surface area contributed by atoms with Crippen molar-refractivity contribution in [3.05, 3.63) is 24.3 Å². The first-order valence-corrected chi connectivity index (χ1v) is 4.61. The third-order valence-electron chi connectivity index (χ3n) is 1.55. The number of carbonyl (C=O) groups excluding carboxylic acids is 1. The molecule has 0 fully saturated rings. The van der Waals surface area contributed by atoms with Gasteiger partial charge in [0, 0.05) is 0 Å². The highest BCUT2D eigenvalue weighted by molar-refractivity contribution is 5.87. The molecule has 0 aliphatic carbocycles. The Bertz CT molecular complexity index is 166. The van der Waals surface area contributed by atoms with E-state index in [2.05, 4.69) is 13.0 Å². The average molecular weight is 166 g/mol. The zero-order valence-electron chi connectivity index (χ0n) is 8.05. The van der Waals surface area contributed by atoms with Gasteiger partial charge < -0.3 is 0 Å². The molecule has 68 valence electrons. The van der Waals surface area contributed by atoms with Gasteiger partial charge >= 0.3 is 0 Å². The smallest absolute Gasteiger partial charge is 0.152 e. The molecule has 0 heterocycles. The highest BCUT2D eigenvalue weighted by atomic mass is 16.1. The van der Waals surface area contributed by atoms with Crippen molar-refractivity contribution >= 4 is 5.78 Å². The number of carbonyl (C=O) groups is 1. The summed E-state index contributed by atoms with van der Waals surface area (Å²) in [7, 11) is 0. The number of unbranched alkanes of at least 4 members (excludes halogenated alkanes) is 3. The summed E-state index contributed by atoms with van der Waals surface area (Å²) in [6, 6.07) is 0. The van der Waals surface area contributed by atoms with E-state index in [1.165, 1.54) is 19.3 Å². The number of hydrogen-bond acceptors (Lipinski definition) is 1. The summed E-state index contributed by atoms with van der Waals surface area (Å²) >= 11 is 0. The van der Waals surface area contributed by atoms with Crippen molar-refractivity contribution in [3.63, 3.8) is 0 Å². The topological polar surface area (TPSA) is 17.1 Å². The molecule has 0 spiro atoms.